The van der Waals surface area contributed by atoms with Crippen LogP contribution < -0.4 is 0 Å². The lowest BCUT2D eigenvalue weighted by atomic mass is 9.58. The van der Waals surface area contributed by atoms with Gasteiger partial charge in [0.1, 0.15) is 29.3 Å². The molecular weight excluding hydrogens is 336 g/mol. The van der Waals surface area contributed by atoms with Crippen molar-refractivity contribution in [1.82, 2.24) is 0 Å². The minimum Gasteiger partial charge on any atom is -0.507 e. The Balaban J connectivity index is 1.80. The summed E-state index contributed by atoms with van der Waals surface area (Å²) in [6.45, 7) is 0. The van der Waals surface area contributed by atoms with Gasteiger partial charge in [0.2, 0.25) is 0 Å². The number of epoxide rings is 1. The molecule has 1 saturated heterocycles. The van der Waals surface area contributed by atoms with Gasteiger partial charge in [-0.05, 0) is 35.2 Å². The summed E-state index contributed by atoms with van der Waals surface area (Å²) in [5, 5.41) is 32.3. The first-order valence-electron chi connectivity index (χ1n) is 8.61. The molecule has 6 rings (SSSR count). The number of aliphatic hydroxyl groups is 1. The molecule has 0 unspecified atom stereocenters. The van der Waals surface area contributed by atoms with Crippen molar-refractivity contribution in [3.8, 4) is 22.6 Å². The molecule has 0 amide bonds. The van der Waals surface area contributed by atoms with Gasteiger partial charge in [0.25, 0.3) is 0 Å². The Kier molecular flexibility index (Phi) is 2.32. The maximum absolute atomic E-state index is 12.7. The third-order valence-electron chi connectivity index (χ3n) is 6.33. The topological polar surface area (TPSA) is 107 Å². The van der Waals surface area contributed by atoms with Gasteiger partial charge in [-0.3, -0.25) is 9.59 Å². The molecule has 26 heavy (non-hydrogen) atoms. The van der Waals surface area contributed by atoms with Crippen molar-refractivity contribution >= 4 is 11.6 Å². The zero-order valence-electron chi connectivity index (χ0n) is 13.5. The van der Waals surface area contributed by atoms with E-state index < -0.39 is 23.7 Å². The Hall–Kier alpha value is -2.70. The van der Waals surface area contributed by atoms with Crippen molar-refractivity contribution in [2.24, 2.45) is 0 Å². The van der Waals surface area contributed by atoms with E-state index in [1.165, 1.54) is 12.1 Å². The lowest BCUT2D eigenvalue weighted by molar-refractivity contribution is -0.0177. The monoisotopic (exact) mass is 350 g/mol. The van der Waals surface area contributed by atoms with Gasteiger partial charge in [0.05, 0.1) is 11.1 Å². The fraction of sp³-hybridized carbons (Fsp3) is 0.300. The molecule has 4 atom stereocenters. The van der Waals surface area contributed by atoms with Gasteiger partial charge < -0.3 is 20.1 Å². The van der Waals surface area contributed by atoms with Crippen molar-refractivity contribution in [3.63, 3.8) is 0 Å². The van der Waals surface area contributed by atoms with Gasteiger partial charge in [0, 0.05) is 17.9 Å². The Morgan fingerprint density at radius 1 is 1.00 bits per heavy atom. The molecule has 0 aromatic heterocycles. The molecule has 0 radical (unpaired) electrons. The van der Waals surface area contributed by atoms with Crippen molar-refractivity contribution in [3.05, 3.63) is 46.5 Å². The van der Waals surface area contributed by atoms with Crippen LogP contribution in [0.15, 0.2) is 24.3 Å². The number of benzene rings is 2. The normalized spacial score (nSPS) is 32.6. The second-order valence-electron chi connectivity index (χ2n) is 7.51. The van der Waals surface area contributed by atoms with Crippen LogP contribution in [0.4, 0.5) is 0 Å². The molecular formula is C20H14O6. The first kappa shape index (κ1) is 14.5. The van der Waals surface area contributed by atoms with Gasteiger partial charge in [-0.2, -0.15) is 0 Å². The summed E-state index contributed by atoms with van der Waals surface area (Å²) in [6, 6.07) is 6.26. The molecule has 2 aromatic rings. The number of ketones is 2. The largest absolute Gasteiger partial charge is 0.507 e. The van der Waals surface area contributed by atoms with Crippen molar-refractivity contribution in [1.29, 1.82) is 0 Å². The van der Waals surface area contributed by atoms with E-state index in [0.717, 1.165) is 0 Å². The third-order valence-corrected chi connectivity index (χ3v) is 6.33. The summed E-state index contributed by atoms with van der Waals surface area (Å²) in [7, 11) is 0. The van der Waals surface area contributed by atoms with Crippen LogP contribution in [0.3, 0.4) is 0 Å². The fourth-order valence-electron chi connectivity index (χ4n) is 5.24. The number of rotatable bonds is 0. The van der Waals surface area contributed by atoms with Gasteiger partial charge in [-0.15, -0.1) is 0 Å². The van der Waals surface area contributed by atoms with Crippen LogP contribution in [0.2, 0.25) is 0 Å². The maximum atomic E-state index is 12.7. The molecule has 3 aliphatic carbocycles. The number of hydrogen-bond acceptors (Lipinski definition) is 6. The molecule has 1 heterocycles. The number of phenolic OH excluding ortho intramolecular Hbond substituents is 2. The Morgan fingerprint density at radius 2 is 1.69 bits per heavy atom. The number of Topliss-reactive ketones (excluding diaryl/α,β-unsaturated/α-hetero) is 2. The Labute approximate surface area is 147 Å². The molecule has 130 valence electrons. The molecule has 0 spiro atoms. The van der Waals surface area contributed by atoms with E-state index in [2.05, 4.69) is 0 Å². The van der Waals surface area contributed by atoms with Gasteiger partial charge in [0.15, 0.2) is 11.6 Å². The van der Waals surface area contributed by atoms with Gasteiger partial charge in [-0.25, -0.2) is 0 Å². The van der Waals surface area contributed by atoms with Gasteiger partial charge in [-0.1, -0.05) is 12.1 Å². The first-order chi connectivity index (χ1) is 12.4. The van der Waals surface area contributed by atoms with Crippen LogP contribution in [-0.2, 0) is 10.3 Å². The minimum absolute atomic E-state index is 0.103. The van der Waals surface area contributed by atoms with Crippen molar-refractivity contribution in [2.75, 3.05) is 0 Å². The summed E-state index contributed by atoms with van der Waals surface area (Å²) < 4.78 is 5.59. The smallest absolute Gasteiger partial charge is 0.198 e. The number of phenols is 2. The maximum Gasteiger partial charge on any atom is 0.198 e. The molecule has 4 aliphatic rings. The summed E-state index contributed by atoms with van der Waals surface area (Å²) in [5.74, 6) is -1.28. The number of carbonyl (C=O) groups excluding carboxylic acids is 2. The number of ether oxygens (including phenoxy) is 1. The fourth-order valence-corrected chi connectivity index (χ4v) is 5.24. The molecule has 3 N–H and O–H groups in total. The standard InChI is InChI=1S/C20H14O6/c21-9-4-2-8-7-1-3-10(22)14-12(7)16(18-19(26-18)17(14)24)20(25)6-5-11(23)13(9)15(8)20/h1-4,16,18-19,21-22,25H,5-6H2/t16-,18-,19+,20-/m0/s1. The van der Waals surface area contributed by atoms with Crippen LogP contribution in [0.5, 0.6) is 11.5 Å². The zero-order chi connectivity index (χ0) is 18.0. The molecule has 2 aromatic carbocycles. The summed E-state index contributed by atoms with van der Waals surface area (Å²) in [5.41, 5.74) is 1.27. The third kappa shape index (κ3) is 1.40. The summed E-state index contributed by atoms with van der Waals surface area (Å²) >= 11 is 0. The predicted octanol–water partition coefficient (Wildman–Crippen LogP) is 1.99. The van der Waals surface area contributed by atoms with Crippen LogP contribution in [-0.4, -0.2) is 39.1 Å². The highest BCUT2D eigenvalue weighted by Crippen LogP contribution is 2.63. The number of fused-ring (bicyclic) bond motifs is 4. The molecule has 0 saturated carbocycles. The van der Waals surface area contributed by atoms with E-state index in [-0.39, 0.29) is 47.0 Å². The molecule has 1 aliphatic heterocycles. The predicted molar refractivity (Wildman–Crippen MR) is 88.4 cm³/mol. The second kappa shape index (κ2) is 4.16. The molecule has 6 nitrogen and oxygen atoms in total. The van der Waals surface area contributed by atoms with Gasteiger partial charge >= 0.3 is 0 Å². The molecule has 0 bridgehead atoms. The highest BCUT2D eigenvalue weighted by Gasteiger charge is 2.65. The zero-order valence-corrected chi connectivity index (χ0v) is 13.5. The quantitative estimate of drug-likeness (QED) is 0.627. The van der Waals surface area contributed by atoms with Crippen LogP contribution >= 0.6 is 0 Å². The van der Waals surface area contributed by atoms with Crippen molar-refractivity contribution < 1.29 is 29.6 Å². The molecule has 1 fully saturated rings. The molecule has 6 heteroatoms. The van der Waals surface area contributed by atoms with E-state index in [0.29, 0.717) is 22.3 Å². The highest BCUT2D eigenvalue weighted by molar-refractivity contribution is 6.10. The lowest BCUT2D eigenvalue weighted by Crippen LogP contribution is -2.46. The van der Waals surface area contributed by atoms with E-state index >= 15 is 0 Å². The van der Waals surface area contributed by atoms with Crippen molar-refractivity contribution in [2.45, 2.75) is 36.6 Å². The summed E-state index contributed by atoms with van der Waals surface area (Å²) in [4.78, 5) is 25.1. The van der Waals surface area contributed by atoms with Crippen LogP contribution in [0.1, 0.15) is 50.6 Å². The van der Waals surface area contributed by atoms with E-state index in [1.54, 1.807) is 12.1 Å². The Morgan fingerprint density at radius 3 is 2.46 bits per heavy atom. The minimum atomic E-state index is -1.42. The lowest BCUT2D eigenvalue weighted by Gasteiger charge is -2.46. The van der Waals surface area contributed by atoms with E-state index in [1.807, 2.05) is 0 Å². The Bertz CT molecular complexity index is 1070. The highest BCUT2D eigenvalue weighted by atomic mass is 16.6. The first-order valence-corrected chi connectivity index (χ1v) is 8.61. The average molecular weight is 350 g/mol. The number of carbonyl (C=O) groups is 2. The van der Waals surface area contributed by atoms with E-state index in [9.17, 15) is 24.9 Å². The second-order valence-corrected chi connectivity index (χ2v) is 7.51. The van der Waals surface area contributed by atoms with E-state index in [4.69, 9.17) is 4.74 Å². The average Bonchev–Trinajstić information content (AvgIpc) is 3.40. The number of hydrogen-bond donors (Lipinski definition) is 3. The summed E-state index contributed by atoms with van der Waals surface area (Å²) in [6.07, 6.45) is -0.851. The number of aromatic hydroxyl groups is 2. The van der Waals surface area contributed by atoms with Crippen LogP contribution in [0, 0.1) is 0 Å². The SMILES string of the molecule is O=C1CC[C@]2(O)c3c(ccc(O)c31)-c1ccc(O)c3c1[C@H]2[C@@H]1O[C@@H]1C3=O. The van der Waals surface area contributed by atoms with Crippen LogP contribution in [0.25, 0.3) is 11.1 Å².